The number of aromatic nitrogens is 9. The lowest BCUT2D eigenvalue weighted by Crippen LogP contribution is -2.47. The SMILES string of the molecule is Nc1nc2cc(-c3nn(Cc4ccc5c(c4)CCN(C(=O)c4cnc(N6CCN(c7ncc(CCCOCCOCCOCCOCCNC=O)cn7)CC6)nc4)C5)c4ncnc(N)c34)ccc2o1. The molecule has 22 heteroatoms. The Kier molecular flexibility index (Phi) is 15.3. The molecule has 360 valence electrons. The van der Waals surface area contributed by atoms with Gasteiger partial charge in [0.15, 0.2) is 11.2 Å². The van der Waals surface area contributed by atoms with Crippen LogP contribution in [0.5, 0.6) is 0 Å². The van der Waals surface area contributed by atoms with E-state index < -0.39 is 0 Å². The second-order valence-corrected chi connectivity index (χ2v) is 16.5. The van der Waals surface area contributed by atoms with Crippen molar-refractivity contribution in [1.82, 2.24) is 54.9 Å². The molecular formula is C47H55N15O7. The van der Waals surface area contributed by atoms with Gasteiger partial charge in [-0.2, -0.15) is 10.1 Å². The number of hydrogen-bond donors (Lipinski definition) is 3. The third-order valence-corrected chi connectivity index (χ3v) is 11.9. The number of nitrogens with one attached hydrogen (secondary N) is 1. The minimum Gasteiger partial charge on any atom is -0.424 e. The predicted octanol–water partition coefficient (Wildman–Crippen LogP) is 2.70. The molecule has 2 aliphatic rings. The summed E-state index contributed by atoms with van der Waals surface area (Å²) in [4.78, 5) is 61.6. The van der Waals surface area contributed by atoms with Crippen molar-refractivity contribution in [2.45, 2.75) is 32.4 Å². The van der Waals surface area contributed by atoms with Gasteiger partial charge in [0, 0.05) is 82.8 Å². The molecule has 7 heterocycles. The zero-order chi connectivity index (χ0) is 47.4. The van der Waals surface area contributed by atoms with E-state index in [0.717, 1.165) is 48.2 Å². The lowest BCUT2D eigenvalue weighted by atomic mass is 9.97. The fourth-order valence-electron chi connectivity index (χ4n) is 8.34. The van der Waals surface area contributed by atoms with E-state index in [2.05, 4.69) is 68.2 Å². The fraction of sp³-hybridized carbons (Fsp3) is 0.404. The van der Waals surface area contributed by atoms with Gasteiger partial charge in [-0.05, 0) is 59.7 Å². The van der Waals surface area contributed by atoms with Crippen LogP contribution in [0, 0.1) is 0 Å². The third-order valence-electron chi connectivity index (χ3n) is 11.9. The van der Waals surface area contributed by atoms with Crippen LogP contribution >= 0.6 is 0 Å². The summed E-state index contributed by atoms with van der Waals surface area (Å²) in [7, 11) is 0. The second-order valence-electron chi connectivity index (χ2n) is 16.5. The highest BCUT2D eigenvalue weighted by Gasteiger charge is 2.26. The molecule has 0 spiro atoms. The molecule has 22 nitrogen and oxygen atoms in total. The van der Waals surface area contributed by atoms with E-state index in [-0.39, 0.29) is 11.9 Å². The predicted molar refractivity (Wildman–Crippen MR) is 255 cm³/mol. The van der Waals surface area contributed by atoms with Crippen LogP contribution in [0.3, 0.4) is 0 Å². The van der Waals surface area contributed by atoms with E-state index in [0.29, 0.717) is 156 Å². The highest BCUT2D eigenvalue weighted by atomic mass is 16.6. The zero-order valence-corrected chi connectivity index (χ0v) is 38.2. The number of fused-ring (bicyclic) bond motifs is 3. The summed E-state index contributed by atoms with van der Waals surface area (Å²) < 4.78 is 29.3. The van der Waals surface area contributed by atoms with E-state index in [9.17, 15) is 9.59 Å². The Balaban J connectivity index is 0.692. The summed E-state index contributed by atoms with van der Waals surface area (Å²) in [5.41, 5.74) is 20.2. The molecule has 5 N–H and O–H groups in total. The minimum atomic E-state index is -0.0989. The molecule has 5 aromatic heterocycles. The van der Waals surface area contributed by atoms with E-state index in [1.807, 2.05) is 40.2 Å². The number of benzene rings is 2. The quantitative estimate of drug-likeness (QED) is 0.0615. The highest BCUT2D eigenvalue weighted by Crippen LogP contribution is 2.33. The Morgan fingerprint density at radius 3 is 2.13 bits per heavy atom. The Hall–Kier alpha value is -7.40. The number of oxazole rings is 1. The Labute approximate surface area is 397 Å². The van der Waals surface area contributed by atoms with Crippen LogP contribution in [0.25, 0.3) is 33.4 Å². The standard InChI is InChI=1S/C47H55N15O7/c48-42-40-41(35-5-6-39-38(23-35)57-45(49)69-39)58-62(43(40)56-30-55-42)28-32-3-4-36-29-61(9-7-34(36)22-32)44(64)37-26-53-47(54-27-37)60-12-10-59(11-13-60)46-51-24-33(25-52-46)2-1-14-65-16-18-67-20-21-68-19-17-66-15-8-50-31-63/h3-6,22-27,30-31H,1-2,7-21,28-29H2,(H2,49,57)(H,50,63)(H2,48,55,56). The number of carbonyl (C=O) groups excluding carboxylic acids is 2. The van der Waals surface area contributed by atoms with Gasteiger partial charge in [0.05, 0.1) is 63.7 Å². The van der Waals surface area contributed by atoms with Crippen molar-refractivity contribution in [2.75, 3.05) is 113 Å². The molecule has 2 amide bonds. The van der Waals surface area contributed by atoms with Crippen molar-refractivity contribution < 1.29 is 33.0 Å². The summed E-state index contributed by atoms with van der Waals surface area (Å²) in [6.45, 7) is 8.89. The van der Waals surface area contributed by atoms with Gasteiger partial charge in [-0.15, -0.1) is 0 Å². The number of anilines is 4. The first-order valence-corrected chi connectivity index (χ1v) is 23.0. The maximum Gasteiger partial charge on any atom is 0.292 e. The van der Waals surface area contributed by atoms with Crippen molar-refractivity contribution in [3.8, 4) is 11.3 Å². The molecule has 0 aliphatic carbocycles. The van der Waals surface area contributed by atoms with Crippen LogP contribution in [-0.4, -0.2) is 154 Å². The molecule has 0 saturated carbocycles. The van der Waals surface area contributed by atoms with Gasteiger partial charge in [-0.25, -0.2) is 34.6 Å². The van der Waals surface area contributed by atoms with Crippen molar-refractivity contribution in [3.63, 3.8) is 0 Å². The van der Waals surface area contributed by atoms with Gasteiger partial charge in [0.25, 0.3) is 11.9 Å². The first-order chi connectivity index (χ1) is 33.9. The van der Waals surface area contributed by atoms with Gasteiger partial charge in [-0.3, -0.25) is 9.59 Å². The molecular weight excluding hydrogens is 887 g/mol. The Morgan fingerprint density at radius 2 is 1.42 bits per heavy atom. The van der Waals surface area contributed by atoms with E-state index in [4.69, 9.17) is 39.9 Å². The van der Waals surface area contributed by atoms with E-state index >= 15 is 0 Å². The average molecular weight is 942 g/mol. The number of nitrogens with two attached hydrogens (primary N) is 2. The second kappa shape index (κ2) is 22.6. The maximum atomic E-state index is 13.7. The largest absolute Gasteiger partial charge is 0.424 e. The fourth-order valence-corrected chi connectivity index (χ4v) is 8.34. The summed E-state index contributed by atoms with van der Waals surface area (Å²) in [6, 6.07) is 12.0. The van der Waals surface area contributed by atoms with Gasteiger partial charge < -0.3 is 54.8 Å². The minimum absolute atomic E-state index is 0.0946. The molecule has 69 heavy (non-hydrogen) atoms. The molecule has 0 atom stereocenters. The van der Waals surface area contributed by atoms with Crippen LogP contribution in [0.15, 0.2) is 71.9 Å². The molecule has 2 aromatic carbocycles. The highest BCUT2D eigenvalue weighted by molar-refractivity contribution is 5.99. The number of rotatable bonds is 23. The Bertz CT molecular complexity index is 2820. The van der Waals surface area contributed by atoms with Crippen LogP contribution in [0.4, 0.5) is 23.7 Å². The maximum absolute atomic E-state index is 13.7. The smallest absolute Gasteiger partial charge is 0.292 e. The first-order valence-electron chi connectivity index (χ1n) is 23.0. The summed E-state index contributed by atoms with van der Waals surface area (Å²) in [5.74, 6) is 1.52. The molecule has 9 rings (SSSR count). The average Bonchev–Trinajstić information content (AvgIpc) is 3.95. The van der Waals surface area contributed by atoms with Gasteiger partial charge >= 0.3 is 0 Å². The van der Waals surface area contributed by atoms with Crippen LogP contribution in [0.1, 0.15) is 39.0 Å². The number of amides is 2. The summed E-state index contributed by atoms with van der Waals surface area (Å²) in [5, 5.41) is 8.14. The van der Waals surface area contributed by atoms with Gasteiger partial charge in [0.1, 0.15) is 23.4 Å². The van der Waals surface area contributed by atoms with Crippen molar-refractivity contribution in [1.29, 1.82) is 0 Å². The van der Waals surface area contributed by atoms with Gasteiger partial charge in [0.2, 0.25) is 18.3 Å². The zero-order valence-electron chi connectivity index (χ0n) is 38.2. The van der Waals surface area contributed by atoms with Crippen molar-refractivity contribution in [3.05, 3.63) is 95.3 Å². The molecule has 1 saturated heterocycles. The van der Waals surface area contributed by atoms with Crippen LogP contribution in [-0.2, 0) is 49.7 Å². The first kappa shape index (κ1) is 46.7. The number of aryl methyl sites for hydroxylation is 1. The van der Waals surface area contributed by atoms with Crippen LogP contribution in [0.2, 0.25) is 0 Å². The molecule has 0 bridgehead atoms. The topological polar surface area (TPSA) is 266 Å². The number of carbonyl (C=O) groups is 2. The summed E-state index contributed by atoms with van der Waals surface area (Å²) >= 11 is 0. The number of hydrogen-bond acceptors (Lipinski definition) is 19. The van der Waals surface area contributed by atoms with Gasteiger partial charge in [-0.1, -0.05) is 18.2 Å². The third kappa shape index (κ3) is 11.7. The monoisotopic (exact) mass is 941 g/mol. The van der Waals surface area contributed by atoms with Crippen molar-refractivity contribution in [2.24, 2.45) is 0 Å². The normalized spacial score (nSPS) is 13.9. The molecule has 1 fully saturated rings. The van der Waals surface area contributed by atoms with E-state index in [1.165, 1.54) is 11.9 Å². The van der Waals surface area contributed by atoms with E-state index in [1.54, 1.807) is 12.4 Å². The lowest BCUT2D eigenvalue weighted by molar-refractivity contribution is -0.109. The molecule has 0 radical (unpaired) electrons. The Morgan fingerprint density at radius 1 is 0.739 bits per heavy atom. The number of nitrogens with zero attached hydrogens (tertiary/aromatic N) is 12. The number of nitrogen functional groups attached to an aromatic ring is 2. The molecule has 2 aliphatic heterocycles. The molecule has 7 aromatic rings. The number of piperazine rings is 1. The summed E-state index contributed by atoms with van der Waals surface area (Å²) in [6.07, 6.45) is 11.5. The lowest BCUT2D eigenvalue weighted by Gasteiger charge is -2.34. The number of ether oxygens (including phenoxy) is 4. The van der Waals surface area contributed by atoms with Crippen molar-refractivity contribution >= 4 is 58.2 Å². The molecule has 0 unspecified atom stereocenters. The van der Waals surface area contributed by atoms with Crippen LogP contribution < -0.4 is 26.6 Å².